The van der Waals surface area contributed by atoms with Crippen LogP contribution in [0.2, 0.25) is 0 Å². The van der Waals surface area contributed by atoms with E-state index in [1.165, 1.54) is 0 Å². The number of aromatic nitrogens is 2. The van der Waals surface area contributed by atoms with E-state index >= 15 is 0 Å². The summed E-state index contributed by atoms with van der Waals surface area (Å²) < 4.78 is 1.97. The Labute approximate surface area is 119 Å². The van der Waals surface area contributed by atoms with Crippen LogP contribution in [0.1, 0.15) is 43.4 Å². The molecular formula is C15H20ClN3. The van der Waals surface area contributed by atoms with Gasteiger partial charge in [-0.3, -0.25) is 4.68 Å². The van der Waals surface area contributed by atoms with E-state index in [-0.39, 0.29) is 5.38 Å². The van der Waals surface area contributed by atoms with E-state index in [4.69, 9.17) is 11.6 Å². The van der Waals surface area contributed by atoms with Crippen LogP contribution in [0.5, 0.6) is 0 Å². The third-order valence-electron chi connectivity index (χ3n) is 3.04. The first kappa shape index (κ1) is 13.9. The third kappa shape index (κ3) is 3.51. The highest BCUT2D eigenvalue weighted by Crippen LogP contribution is 2.27. The van der Waals surface area contributed by atoms with Gasteiger partial charge in [0.2, 0.25) is 0 Å². The predicted octanol–water partition coefficient (Wildman–Crippen LogP) is 4.38. The van der Waals surface area contributed by atoms with Gasteiger partial charge in [0, 0.05) is 17.9 Å². The van der Waals surface area contributed by atoms with Crippen molar-refractivity contribution in [2.75, 3.05) is 5.32 Å². The van der Waals surface area contributed by atoms with Crippen LogP contribution < -0.4 is 5.32 Å². The first-order chi connectivity index (χ1) is 9.08. The highest BCUT2D eigenvalue weighted by Gasteiger charge is 2.08. The van der Waals surface area contributed by atoms with Crippen molar-refractivity contribution in [3.63, 3.8) is 0 Å². The average Bonchev–Trinajstić information content (AvgIpc) is 2.85. The molecule has 1 unspecified atom stereocenters. The number of nitrogens with one attached hydrogen (secondary N) is 1. The smallest absolute Gasteiger partial charge is 0.0815 e. The second-order valence-corrected chi connectivity index (χ2v) is 5.59. The van der Waals surface area contributed by atoms with Gasteiger partial charge in [0.15, 0.2) is 0 Å². The zero-order chi connectivity index (χ0) is 13.8. The third-order valence-corrected chi connectivity index (χ3v) is 3.28. The van der Waals surface area contributed by atoms with Crippen molar-refractivity contribution >= 4 is 17.3 Å². The van der Waals surface area contributed by atoms with Gasteiger partial charge in [0.25, 0.3) is 0 Å². The first-order valence-corrected chi connectivity index (χ1v) is 7.02. The monoisotopic (exact) mass is 277 g/mol. The molecule has 0 aliphatic heterocycles. The fourth-order valence-electron chi connectivity index (χ4n) is 1.95. The first-order valence-electron chi connectivity index (χ1n) is 6.59. The molecule has 2 rings (SSSR count). The molecule has 102 valence electrons. The largest absolute Gasteiger partial charge is 0.379 e. The molecule has 4 heteroatoms. The Balaban J connectivity index is 2.06. The van der Waals surface area contributed by atoms with Crippen LogP contribution in [0.15, 0.2) is 36.5 Å². The van der Waals surface area contributed by atoms with Gasteiger partial charge in [-0.1, -0.05) is 18.2 Å². The summed E-state index contributed by atoms with van der Waals surface area (Å²) in [6.07, 6.45) is 2.01. The van der Waals surface area contributed by atoms with Gasteiger partial charge >= 0.3 is 0 Å². The fraction of sp³-hybridized carbons (Fsp3) is 0.400. The van der Waals surface area contributed by atoms with E-state index in [1.807, 2.05) is 48.1 Å². The van der Waals surface area contributed by atoms with Crippen molar-refractivity contribution in [2.24, 2.45) is 0 Å². The lowest BCUT2D eigenvalue weighted by Crippen LogP contribution is -2.06. The summed E-state index contributed by atoms with van der Waals surface area (Å²) in [6.45, 7) is 6.93. The van der Waals surface area contributed by atoms with Gasteiger partial charge < -0.3 is 5.32 Å². The summed E-state index contributed by atoms with van der Waals surface area (Å²) in [6, 6.07) is 10.6. The Hall–Kier alpha value is -1.48. The van der Waals surface area contributed by atoms with Crippen molar-refractivity contribution in [3.8, 4) is 0 Å². The second-order valence-electron chi connectivity index (χ2n) is 4.94. The van der Waals surface area contributed by atoms with Crippen LogP contribution in [-0.4, -0.2) is 9.78 Å². The van der Waals surface area contributed by atoms with Crippen LogP contribution in [0.4, 0.5) is 5.69 Å². The zero-order valence-corrected chi connectivity index (χ0v) is 12.4. The lowest BCUT2D eigenvalue weighted by atomic mass is 10.1. The molecule has 1 aromatic heterocycles. The molecule has 1 heterocycles. The summed E-state index contributed by atoms with van der Waals surface area (Å²) in [5, 5.41) is 7.92. The summed E-state index contributed by atoms with van der Waals surface area (Å²) in [4.78, 5) is 0. The Morgan fingerprint density at radius 2 is 1.95 bits per heavy atom. The Bertz CT molecular complexity index is 532. The van der Waals surface area contributed by atoms with E-state index in [9.17, 15) is 0 Å². The van der Waals surface area contributed by atoms with Crippen molar-refractivity contribution < 1.29 is 0 Å². The van der Waals surface area contributed by atoms with Crippen LogP contribution in [0.3, 0.4) is 0 Å². The minimum absolute atomic E-state index is 0.00285. The molecular weight excluding hydrogens is 258 g/mol. The van der Waals surface area contributed by atoms with Gasteiger partial charge in [-0.2, -0.15) is 5.10 Å². The van der Waals surface area contributed by atoms with E-state index in [2.05, 4.69) is 24.3 Å². The molecule has 1 atom stereocenters. The molecule has 0 amide bonds. The van der Waals surface area contributed by atoms with Gasteiger partial charge in [-0.15, -0.1) is 11.6 Å². The molecule has 0 aliphatic rings. The number of para-hydroxylation sites is 1. The van der Waals surface area contributed by atoms with E-state index in [1.54, 1.807) is 0 Å². The molecule has 1 N–H and O–H groups in total. The van der Waals surface area contributed by atoms with Gasteiger partial charge in [-0.25, -0.2) is 0 Å². The molecule has 0 saturated carbocycles. The van der Waals surface area contributed by atoms with E-state index < -0.39 is 0 Å². The normalized spacial score (nSPS) is 12.7. The van der Waals surface area contributed by atoms with Crippen LogP contribution >= 0.6 is 11.6 Å². The maximum Gasteiger partial charge on any atom is 0.0815 e. The summed E-state index contributed by atoms with van der Waals surface area (Å²) >= 11 is 6.18. The zero-order valence-electron chi connectivity index (χ0n) is 11.6. The molecule has 0 saturated heterocycles. The van der Waals surface area contributed by atoms with Crippen molar-refractivity contribution in [3.05, 3.63) is 47.8 Å². The molecule has 1 aromatic carbocycles. The molecule has 3 nitrogen and oxygen atoms in total. The number of rotatable bonds is 5. The maximum atomic E-state index is 6.18. The van der Waals surface area contributed by atoms with Gasteiger partial charge in [0.05, 0.1) is 17.6 Å². The highest BCUT2D eigenvalue weighted by molar-refractivity contribution is 6.21. The standard InChI is InChI=1S/C15H20ClN3/c1-11(2)19-9-8-13(18-19)10-17-15-7-5-4-6-14(15)12(3)16/h4-9,11-12,17H,10H2,1-3H3. The number of hydrogen-bond donors (Lipinski definition) is 1. The molecule has 0 aliphatic carbocycles. The lowest BCUT2D eigenvalue weighted by molar-refractivity contribution is 0.527. The summed E-state index contributed by atoms with van der Waals surface area (Å²) in [5.41, 5.74) is 3.22. The van der Waals surface area contributed by atoms with Crippen LogP contribution in [0.25, 0.3) is 0 Å². The van der Waals surface area contributed by atoms with E-state index in [0.29, 0.717) is 12.6 Å². The van der Waals surface area contributed by atoms with Crippen LogP contribution in [-0.2, 0) is 6.54 Å². The Morgan fingerprint density at radius 3 is 2.58 bits per heavy atom. The highest BCUT2D eigenvalue weighted by atomic mass is 35.5. The second kappa shape index (κ2) is 6.11. The van der Waals surface area contributed by atoms with Crippen molar-refractivity contribution in [1.82, 2.24) is 9.78 Å². The molecule has 19 heavy (non-hydrogen) atoms. The van der Waals surface area contributed by atoms with Gasteiger partial charge in [-0.05, 0) is 38.5 Å². The number of nitrogens with zero attached hydrogens (tertiary/aromatic N) is 2. The summed E-state index contributed by atoms with van der Waals surface area (Å²) in [7, 11) is 0. The fourth-order valence-corrected chi connectivity index (χ4v) is 2.14. The number of benzene rings is 1. The number of hydrogen-bond acceptors (Lipinski definition) is 2. The van der Waals surface area contributed by atoms with Crippen molar-refractivity contribution in [1.29, 1.82) is 0 Å². The van der Waals surface area contributed by atoms with Gasteiger partial charge in [0.1, 0.15) is 0 Å². The Morgan fingerprint density at radius 1 is 1.21 bits per heavy atom. The predicted molar refractivity (Wildman–Crippen MR) is 80.6 cm³/mol. The molecule has 0 bridgehead atoms. The minimum Gasteiger partial charge on any atom is -0.379 e. The molecule has 2 aromatic rings. The minimum atomic E-state index is -0.00285. The Kier molecular flexibility index (Phi) is 4.48. The topological polar surface area (TPSA) is 29.9 Å². The number of alkyl halides is 1. The maximum absolute atomic E-state index is 6.18. The van der Waals surface area contributed by atoms with Crippen LogP contribution in [0, 0.1) is 0 Å². The number of anilines is 1. The molecule has 0 radical (unpaired) electrons. The number of halogens is 1. The average molecular weight is 278 g/mol. The lowest BCUT2D eigenvalue weighted by Gasteiger charge is -2.12. The summed E-state index contributed by atoms with van der Waals surface area (Å²) in [5.74, 6) is 0. The molecule has 0 fully saturated rings. The SMILES string of the molecule is CC(Cl)c1ccccc1NCc1ccn(C(C)C)n1. The van der Waals surface area contributed by atoms with Crippen molar-refractivity contribution in [2.45, 2.75) is 38.7 Å². The van der Waals surface area contributed by atoms with E-state index in [0.717, 1.165) is 16.9 Å². The molecule has 0 spiro atoms. The quantitative estimate of drug-likeness (QED) is 0.822.